The van der Waals surface area contributed by atoms with E-state index in [1.807, 2.05) is 24.3 Å². The summed E-state index contributed by atoms with van der Waals surface area (Å²) in [7, 11) is 10.9. The van der Waals surface area contributed by atoms with Crippen molar-refractivity contribution in [1.82, 2.24) is 0 Å². The van der Waals surface area contributed by atoms with Crippen molar-refractivity contribution in [3.05, 3.63) is 88.5 Å². The number of benzene rings is 4. The van der Waals surface area contributed by atoms with Crippen LogP contribution < -0.4 is 42.6 Å². The highest BCUT2D eigenvalue weighted by Crippen LogP contribution is 2.56. The molecule has 6 rings (SSSR count). The highest BCUT2D eigenvalue weighted by Gasteiger charge is 2.45. The number of rotatable bonds is 10. The quantitative estimate of drug-likeness (QED) is 0.227. The third-order valence-corrected chi connectivity index (χ3v) is 9.04. The minimum atomic E-state index is -1.13. The first kappa shape index (κ1) is 32.9. The molecule has 0 spiro atoms. The molecule has 11 heteroatoms. The minimum Gasteiger partial charge on any atom is -0.497 e. The predicted molar refractivity (Wildman–Crippen MR) is 176 cm³/mol. The smallest absolute Gasteiger partial charge is 0.161 e. The molecule has 2 N–H and O–H groups in total. The Morgan fingerprint density at radius 1 is 0.562 bits per heavy atom. The number of fused-ring (bicyclic) bond motifs is 2. The van der Waals surface area contributed by atoms with Gasteiger partial charge in [0.2, 0.25) is 0 Å². The van der Waals surface area contributed by atoms with Gasteiger partial charge >= 0.3 is 0 Å². The Morgan fingerprint density at radius 2 is 1.15 bits per heavy atom. The second kappa shape index (κ2) is 13.6. The zero-order chi connectivity index (χ0) is 34.1. The second-order valence-corrected chi connectivity index (χ2v) is 11.5. The number of hydrogen-bond acceptors (Lipinski definition) is 11. The molecule has 0 saturated carbocycles. The fourth-order valence-corrected chi connectivity index (χ4v) is 6.67. The summed E-state index contributed by atoms with van der Waals surface area (Å²) in [5.41, 5.74) is 3.27. The monoisotopic (exact) mass is 660 g/mol. The third kappa shape index (κ3) is 5.62. The summed E-state index contributed by atoms with van der Waals surface area (Å²) in [6.07, 6.45) is -3.48. The fraction of sp³-hybridized carbons (Fsp3) is 0.351. The van der Waals surface area contributed by atoms with Crippen LogP contribution in [-0.4, -0.2) is 72.2 Å². The van der Waals surface area contributed by atoms with Crippen LogP contribution in [0.3, 0.4) is 0 Å². The molecule has 0 fully saturated rings. The summed E-state index contributed by atoms with van der Waals surface area (Å²) in [6.45, 7) is 0. The third-order valence-electron chi connectivity index (χ3n) is 9.04. The molecule has 11 nitrogen and oxygen atoms in total. The van der Waals surface area contributed by atoms with E-state index in [9.17, 15) is 10.2 Å². The molecule has 0 aromatic heterocycles. The Labute approximate surface area is 279 Å². The largest absolute Gasteiger partial charge is 0.497 e. The van der Waals surface area contributed by atoms with E-state index in [4.69, 9.17) is 42.6 Å². The van der Waals surface area contributed by atoms with Crippen LogP contribution in [0.25, 0.3) is 0 Å². The van der Waals surface area contributed by atoms with Crippen molar-refractivity contribution >= 4 is 0 Å². The van der Waals surface area contributed by atoms with Crippen LogP contribution >= 0.6 is 0 Å². The van der Waals surface area contributed by atoms with Crippen molar-refractivity contribution in [2.45, 2.75) is 36.8 Å². The molecule has 5 atom stereocenters. The van der Waals surface area contributed by atoms with E-state index < -0.39 is 30.3 Å². The van der Waals surface area contributed by atoms with Crippen molar-refractivity contribution in [2.24, 2.45) is 0 Å². The molecule has 48 heavy (non-hydrogen) atoms. The number of methoxy groups -OCH3 is 7. The van der Waals surface area contributed by atoms with Gasteiger partial charge in [0.25, 0.3) is 0 Å². The van der Waals surface area contributed by atoms with E-state index in [0.717, 1.165) is 0 Å². The predicted octanol–water partition coefficient (Wildman–Crippen LogP) is 5.41. The van der Waals surface area contributed by atoms with Gasteiger partial charge in [0, 0.05) is 41.2 Å². The molecule has 0 saturated heterocycles. The Balaban J connectivity index is 1.55. The lowest BCUT2D eigenvalue weighted by atomic mass is 9.77. The van der Waals surface area contributed by atoms with Crippen molar-refractivity contribution in [3.63, 3.8) is 0 Å². The molecule has 254 valence electrons. The maximum atomic E-state index is 12.4. The van der Waals surface area contributed by atoms with Crippen LogP contribution in [0.1, 0.15) is 45.9 Å². The van der Waals surface area contributed by atoms with Gasteiger partial charge in [0.1, 0.15) is 41.0 Å². The first-order valence-electron chi connectivity index (χ1n) is 15.4. The lowest BCUT2D eigenvalue weighted by Crippen LogP contribution is -2.37. The van der Waals surface area contributed by atoms with Gasteiger partial charge in [0.05, 0.1) is 55.9 Å². The van der Waals surface area contributed by atoms with E-state index in [1.165, 1.54) is 0 Å². The molecule has 4 aromatic carbocycles. The first-order valence-corrected chi connectivity index (χ1v) is 15.4. The van der Waals surface area contributed by atoms with Gasteiger partial charge in [-0.15, -0.1) is 0 Å². The summed E-state index contributed by atoms with van der Waals surface area (Å²) in [4.78, 5) is 0. The highest BCUT2D eigenvalue weighted by molar-refractivity contribution is 5.64. The summed E-state index contributed by atoms with van der Waals surface area (Å²) in [5, 5.41) is 23.8. The van der Waals surface area contributed by atoms with E-state index in [-0.39, 0.29) is 6.42 Å². The normalized spacial score (nSPS) is 21.1. The van der Waals surface area contributed by atoms with Crippen LogP contribution in [0.2, 0.25) is 0 Å². The van der Waals surface area contributed by atoms with Crippen LogP contribution in [0.4, 0.5) is 0 Å². The summed E-state index contributed by atoms with van der Waals surface area (Å²) in [6, 6.07) is 18.0. The van der Waals surface area contributed by atoms with Gasteiger partial charge < -0.3 is 52.8 Å². The van der Waals surface area contributed by atoms with Gasteiger partial charge in [-0.1, -0.05) is 18.2 Å². The first-order chi connectivity index (χ1) is 23.3. The molecule has 0 amide bonds. The lowest BCUT2D eigenvalue weighted by molar-refractivity contribution is 0.00185. The lowest BCUT2D eigenvalue weighted by Gasteiger charge is -2.40. The Morgan fingerprint density at radius 3 is 1.71 bits per heavy atom. The van der Waals surface area contributed by atoms with Gasteiger partial charge in [-0.05, 0) is 41.5 Å². The number of aliphatic hydroxyl groups is 2. The zero-order valence-corrected chi connectivity index (χ0v) is 27.9. The van der Waals surface area contributed by atoms with E-state index >= 15 is 0 Å². The number of hydrogen-bond donors (Lipinski definition) is 2. The molecular weight excluding hydrogens is 620 g/mol. The molecule has 0 bridgehead atoms. The number of ether oxygens (including phenoxy) is 9. The molecule has 2 aliphatic rings. The molecule has 4 aromatic rings. The highest BCUT2D eigenvalue weighted by atomic mass is 16.5. The van der Waals surface area contributed by atoms with Crippen molar-refractivity contribution in [1.29, 1.82) is 0 Å². The second-order valence-electron chi connectivity index (χ2n) is 11.5. The summed E-state index contributed by atoms with van der Waals surface area (Å²) in [5.74, 6) is 3.85. The molecule has 0 aliphatic carbocycles. The zero-order valence-electron chi connectivity index (χ0n) is 27.9. The average Bonchev–Trinajstić information content (AvgIpc) is 3.13. The summed E-state index contributed by atoms with van der Waals surface area (Å²) < 4.78 is 52.6. The van der Waals surface area contributed by atoms with Crippen LogP contribution in [0.15, 0.2) is 60.7 Å². The fourth-order valence-electron chi connectivity index (χ4n) is 6.67. The molecule has 2 heterocycles. The van der Waals surface area contributed by atoms with Crippen LogP contribution in [-0.2, 0) is 6.42 Å². The van der Waals surface area contributed by atoms with Gasteiger partial charge in [-0.3, -0.25) is 0 Å². The van der Waals surface area contributed by atoms with E-state index in [2.05, 4.69) is 0 Å². The van der Waals surface area contributed by atoms with Gasteiger partial charge in [-0.2, -0.15) is 0 Å². The van der Waals surface area contributed by atoms with Crippen LogP contribution in [0.5, 0.6) is 51.7 Å². The Hall–Kier alpha value is -5.00. The molecular formula is C37H40O11. The van der Waals surface area contributed by atoms with Crippen LogP contribution in [0, 0.1) is 0 Å². The SMILES string of the molecule is COc1ccc2c(c1)O[C@@H](c1ccc(OC)c(OC)c1)[C@H](O)[C@H]2c1c(OC)cc(OC)c2c1O[C@H](c1ccc(OC)c(OC)c1)[C@@H](O)C2. The van der Waals surface area contributed by atoms with Crippen molar-refractivity contribution in [3.8, 4) is 51.7 Å². The van der Waals surface area contributed by atoms with Gasteiger partial charge in [-0.25, -0.2) is 0 Å². The van der Waals surface area contributed by atoms with Gasteiger partial charge in [0.15, 0.2) is 29.1 Å². The number of aliphatic hydroxyl groups excluding tert-OH is 2. The Kier molecular flexibility index (Phi) is 9.34. The van der Waals surface area contributed by atoms with E-state index in [0.29, 0.717) is 79.6 Å². The van der Waals surface area contributed by atoms with Crippen molar-refractivity contribution < 1.29 is 52.8 Å². The molecule has 0 radical (unpaired) electrons. The summed E-state index contributed by atoms with van der Waals surface area (Å²) >= 11 is 0. The molecule has 0 unspecified atom stereocenters. The standard InChI is InChI=1S/C37H40O11/c1-40-21-10-11-22-28(16-21)47-36(20-9-13-26(42-3)30(15-20)45-6)34(39)32(22)33-31(46-7)18-27(43-4)23-17-24(38)35(48-37(23)33)19-8-12-25(41-2)29(14-19)44-5/h8-16,18,24,32,34-36,38-39H,17H2,1-7H3/t24-,32+,34+,35+,36-/m0/s1. The topological polar surface area (TPSA) is 124 Å². The Bertz CT molecular complexity index is 1790. The molecule has 2 aliphatic heterocycles. The average molecular weight is 661 g/mol. The minimum absolute atomic E-state index is 0.211. The maximum Gasteiger partial charge on any atom is 0.161 e. The van der Waals surface area contributed by atoms with Crippen molar-refractivity contribution in [2.75, 3.05) is 49.8 Å². The maximum absolute atomic E-state index is 12.4. The van der Waals surface area contributed by atoms with E-state index in [1.54, 1.807) is 86.2 Å².